The predicted octanol–water partition coefficient (Wildman–Crippen LogP) is 1.44. The van der Waals surface area contributed by atoms with Crippen molar-refractivity contribution < 1.29 is 19.8 Å². The minimum Gasteiger partial charge on any atom is -0.545 e. The van der Waals surface area contributed by atoms with Crippen LogP contribution in [-0.4, -0.2) is 27.8 Å². The monoisotopic (exact) mass is 430 g/mol. The molecule has 0 aliphatic heterocycles. The maximum Gasteiger partial charge on any atom is 0.309 e. The van der Waals surface area contributed by atoms with Gasteiger partial charge in [0.15, 0.2) is 0 Å². The second-order valence-electron chi connectivity index (χ2n) is 5.84. The number of aromatic nitrogens is 1. The molecule has 29 heavy (non-hydrogen) atoms. The Morgan fingerprint density at radius 2 is 1.93 bits per heavy atom. The van der Waals surface area contributed by atoms with Crippen LogP contribution in [0.4, 0.5) is 0 Å². The summed E-state index contributed by atoms with van der Waals surface area (Å²) in [5, 5.41) is 24.1. The lowest BCUT2D eigenvalue weighted by atomic mass is 10.1. The Kier molecular flexibility index (Phi) is 6.10. The lowest BCUT2D eigenvalue weighted by Crippen LogP contribution is -2.22. The van der Waals surface area contributed by atoms with Crippen LogP contribution < -0.4 is 15.4 Å². The summed E-state index contributed by atoms with van der Waals surface area (Å²) in [6, 6.07) is 11.6. The lowest BCUT2D eigenvalue weighted by molar-refractivity contribution is -0.255. The largest absolute Gasteiger partial charge is 0.545 e. The van der Waals surface area contributed by atoms with Gasteiger partial charge in [-0.2, -0.15) is 5.10 Å². The van der Waals surface area contributed by atoms with Gasteiger partial charge in [-0.3, -0.25) is 14.2 Å². The number of aromatic hydroxyl groups is 1. The normalized spacial score (nSPS) is 10.9. The van der Waals surface area contributed by atoms with Gasteiger partial charge in [0.1, 0.15) is 10.9 Å². The quantitative estimate of drug-likeness (QED) is 0.452. The van der Waals surface area contributed by atoms with Crippen LogP contribution in [0.5, 0.6) is 5.75 Å². The summed E-state index contributed by atoms with van der Waals surface area (Å²) in [7, 11) is 0. The Labute approximate surface area is 173 Å². The molecule has 3 aromatic rings. The van der Waals surface area contributed by atoms with E-state index in [0.717, 1.165) is 11.3 Å². The first-order valence-corrected chi connectivity index (χ1v) is 9.36. The van der Waals surface area contributed by atoms with Crippen molar-refractivity contribution in [1.82, 2.24) is 9.99 Å². The highest BCUT2D eigenvalue weighted by molar-refractivity contribution is 7.11. The molecule has 2 N–H and O–H groups in total. The number of thiazole rings is 1. The SMILES string of the molecule is O=C([O-])c1cccc(Cn2c(Cl)c(/C=N\NC(=O)c3ccc(O)cc3)sc2=O)c1. The molecular formula is C19H13ClN3O5S-. The summed E-state index contributed by atoms with van der Waals surface area (Å²) in [6.07, 6.45) is 1.25. The number of amides is 1. The van der Waals surface area contributed by atoms with Crippen molar-refractivity contribution in [2.24, 2.45) is 5.10 Å². The van der Waals surface area contributed by atoms with Crippen LogP contribution in [0.1, 0.15) is 31.2 Å². The van der Waals surface area contributed by atoms with Gasteiger partial charge in [0, 0.05) is 5.56 Å². The molecule has 10 heteroatoms. The van der Waals surface area contributed by atoms with Crippen molar-refractivity contribution in [3.8, 4) is 5.75 Å². The molecule has 0 fully saturated rings. The average molecular weight is 431 g/mol. The van der Waals surface area contributed by atoms with Gasteiger partial charge >= 0.3 is 4.87 Å². The molecule has 0 bridgehead atoms. The molecule has 0 aliphatic carbocycles. The van der Waals surface area contributed by atoms with Crippen molar-refractivity contribution in [1.29, 1.82) is 0 Å². The minimum absolute atomic E-state index is 0.000583. The van der Waals surface area contributed by atoms with Gasteiger partial charge in [-0.15, -0.1) is 0 Å². The molecule has 8 nitrogen and oxygen atoms in total. The third-order valence-corrected chi connectivity index (χ3v) is 5.27. The zero-order valence-electron chi connectivity index (χ0n) is 14.7. The van der Waals surface area contributed by atoms with Crippen molar-refractivity contribution in [3.05, 3.63) is 84.9 Å². The maximum atomic E-state index is 12.2. The smallest absolute Gasteiger partial charge is 0.309 e. The number of hydrogen-bond acceptors (Lipinski definition) is 7. The average Bonchev–Trinajstić information content (AvgIpc) is 2.96. The molecule has 2 aromatic carbocycles. The fourth-order valence-corrected chi connectivity index (χ4v) is 3.53. The molecule has 0 atom stereocenters. The van der Waals surface area contributed by atoms with E-state index in [-0.39, 0.29) is 27.9 Å². The number of hydrogen-bond donors (Lipinski definition) is 2. The second kappa shape index (κ2) is 8.72. The number of phenols is 1. The number of benzene rings is 2. The van der Waals surface area contributed by atoms with Crippen LogP contribution in [0, 0.1) is 0 Å². The summed E-state index contributed by atoms with van der Waals surface area (Å²) in [4.78, 5) is 35.1. The van der Waals surface area contributed by atoms with Crippen molar-refractivity contribution in [2.45, 2.75) is 6.54 Å². The van der Waals surface area contributed by atoms with Crippen LogP contribution in [0.25, 0.3) is 0 Å². The van der Waals surface area contributed by atoms with Crippen LogP contribution >= 0.6 is 22.9 Å². The summed E-state index contributed by atoms with van der Waals surface area (Å²) in [6.45, 7) is 0.0724. The number of aromatic carboxylic acids is 1. The van der Waals surface area contributed by atoms with E-state index in [9.17, 15) is 24.6 Å². The van der Waals surface area contributed by atoms with E-state index in [0.29, 0.717) is 16.0 Å². The molecule has 148 valence electrons. The van der Waals surface area contributed by atoms with Crippen LogP contribution in [0.15, 0.2) is 58.4 Å². The molecule has 1 amide bonds. The first kappa shape index (κ1) is 20.3. The topological polar surface area (TPSA) is 124 Å². The lowest BCUT2D eigenvalue weighted by Gasteiger charge is -2.07. The molecule has 0 unspecified atom stereocenters. The van der Waals surface area contributed by atoms with E-state index >= 15 is 0 Å². The van der Waals surface area contributed by atoms with Gasteiger partial charge in [0.05, 0.1) is 23.6 Å². The first-order chi connectivity index (χ1) is 13.8. The highest BCUT2D eigenvalue weighted by atomic mass is 35.5. The summed E-state index contributed by atoms with van der Waals surface area (Å²) >= 11 is 7.08. The van der Waals surface area contributed by atoms with Crippen LogP contribution in [0.2, 0.25) is 5.15 Å². The summed E-state index contributed by atoms with van der Waals surface area (Å²) in [5.74, 6) is -1.77. The Morgan fingerprint density at radius 3 is 2.62 bits per heavy atom. The molecule has 0 saturated heterocycles. The number of carbonyl (C=O) groups is 2. The molecule has 0 aliphatic rings. The predicted molar refractivity (Wildman–Crippen MR) is 107 cm³/mol. The number of carboxylic acid groups (broad SMARTS) is 1. The molecule has 0 spiro atoms. The molecule has 0 radical (unpaired) electrons. The van der Waals surface area contributed by atoms with E-state index < -0.39 is 11.9 Å². The van der Waals surface area contributed by atoms with E-state index in [1.54, 1.807) is 12.1 Å². The Hall–Kier alpha value is -3.43. The third kappa shape index (κ3) is 4.89. The zero-order chi connectivity index (χ0) is 21.0. The number of carboxylic acids is 1. The summed E-state index contributed by atoms with van der Waals surface area (Å²) in [5.41, 5.74) is 3.17. The standard InChI is InChI=1S/C19H14ClN3O5S/c20-16-15(9-21-22-17(25)12-4-6-14(24)7-5-12)29-19(28)23(16)10-11-2-1-3-13(8-11)18(26)27/h1-9,24H,10H2,(H,22,25)(H,26,27)/p-1/b21-9-. The van der Waals surface area contributed by atoms with Gasteiger partial charge in [-0.1, -0.05) is 41.1 Å². The second-order valence-corrected chi connectivity index (χ2v) is 7.19. The zero-order valence-corrected chi connectivity index (χ0v) is 16.2. The van der Waals surface area contributed by atoms with E-state index in [1.165, 1.54) is 47.2 Å². The van der Waals surface area contributed by atoms with E-state index in [1.807, 2.05) is 0 Å². The minimum atomic E-state index is -1.31. The van der Waals surface area contributed by atoms with Gasteiger partial charge < -0.3 is 15.0 Å². The van der Waals surface area contributed by atoms with Gasteiger partial charge in [-0.05, 0) is 41.5 Å². The van der Waals surface area contributed by atoms with Crippen molar-refractivity contribution >= 4 is 41.0 Å². The first-order valence-electron chi connectivity index (χ1n) is 8.17. The number of halogens is 1. The van der Waals surface area contributed by atoms with Crippen LogP contribution in [-0.2, 0) is 6.54 Å². The highest BCUT2D eigenvalue weighted by Gasteiger charge is 2.12. The Morgan fingerprint density at radius 1 is 1.21 bits per heavy atom. The van der Waals surface area contributed by atoms with Crippen LogP contribution in [0.3, 0.4) is 0 Å². The van der Waals surface area contributed by atoms with Crippen molar-refractivity contribution in [3.63, 3.8) is 0 Å². The van der Waals surface area contributed by atoms with E-state index in [2.05, 4.69) is 10.5 Å². The summed E-state index contributed by atoms with van der Waals surface area (Å²) < 4.78 is 1.27. The number of nitrogens with zero attached hydrogens (tertiary/aromatic N) is 2. The third-order valence-electron chi connectivity index (χ3n) is 3.84. The fraction of sp³-hybridized carbons (Fsp3) is 0.0526. The van der Waals surface area contributed by atoms with Gasteiger partial charge in [0.2, 0.25) is 0 Å². The number of phenolic OH excluding ortho intramolecular Hbond substituents is 1. The molecule has 3 rings (SSSR count). The maximum absolute atomic E-state index is 12.2. The Bertz CT molecular complexity index is 1150. The number of nitrogens with one attached hydrogen (secondary N) is 1. The molecular weight excluding hydrogens is 418 g/mol. The fourth-order valence-electron chi connectivity index (χ4n) is 2.42. The van der Waals surface area contributed by atoms with Gasteiger partial charge in [-0.25, -0.2) is 5.43 Å². The number of carbonyl (C=O) groups excluding carboxylic acids is 2. The molecule has 1 heterocycles. The Balaban J connectivity index is 1.73. The van der Waals surface area contributed by atoms with Crippen molar-refractivity contribution in [2.75, 3.05) is 0 Å². The van der Waals surface area contributed by atoms with E-state index in [4.69, 9.17) is 11.6 Å². The van der Waals surface area contributed by atoms with Gasteiger partial charge in [0.25, 0.3) is 5.91 Å². The number of hydrazone groups is 1. The number of rotatable bonds is 6. The molecule has 1 aromatic heterocycles. The highest BCUT2D eigenvalue weighted by Crippen LogP contribution is 2.18. The molecule has 0 saturated carbocycles.